The number of aryl methyl sites for hydroxylation is 2. The average Bonchev–Trinajstić information content (AvgIpc) is 2.81. The monoisotopic (exact) mass is 508 g/mol. The summed E-state index contributed by atoms with van der Waals surface area (Å²) in [7, 11) is 0. The number of nitrogens with two attached hydrogens (primary N) is 1. The topological polar surface area (TPSA) is 110 Å². The molecule has 0 radical (unpaired) electrons. The summed E-state index contributed by atoms with van der Waals surface area (Å²) in [6.45, 7) is 13.2. The molecule has 192 valence electrons. The molecule has 1 unspecified atom stereocenters. The zero-order valence-electron chi connectivity index (χ0n) is 21.8. The molecule has 0 amide bonds. The lowest BCUT2D eigenvalue weighted by Gasteiger charge is -2.30. The number of ether oxygens (including phenoxy) is 1. The molecule has 0 saturated carbocycles. The van der Waals surface area contributed by atoms with Gasteiger partial charge in [-0.15, -0.1) is 0 Å². The summed E-state index contributed by atoms with van der Waals surface area (Å²) in [4.78, 5) is 21.4. The highest BCUT2D eigenvalue weighted by molar-refractivity contribution is 8.00. The molecule has 0 bridgehead atoms. The molecule has 0 aliphatic rings. The Morgan fingerprint density at radius 3 is 2.28 bits per heavy atom. The molecule has 0 saturated heterocycles. The summed E-state index contributed by atoms with van der Waals surface area (Å²) in [5.41, 5.74) is 10.7. The highest BCUT2D eigenvalue weighted by Crippen LogP contribution is 2.31. The third-order valence-electron chi connectivity index (χ3n) is 6.24. The first-order valence-corrected chi connectivity index (χ1v) is 13.0. The van der Waals surface area contributed by atoms with Crippen LogP contribution >= 0.6 is 11.9 Å². The minimum Gasteiger partial charge on any atom is -0.478 e. The van der Waals surface area contributed by atoms with E-state index in [0.29, 0.717) is 36.2 Å². The van der Waals surface area contributed by atoms with Gasteiger partial charge in [0.05, 0.1) is 11.3 Å². The van der Waals surface area contributed by atoms with E-state index in [1.807, 2.05) is 18.2 Å². The first-order valence-electron chi connectivity index (χ1n) is 12.2. The molecule has 3 rings (SSSR count). The molecule has 7 nitrogen and oxygen atoms in total. The molecule has 0 spiro atoms. The minimum atomic E-state index is -0.973. The quantitative estimate of drug-likeness (QED) is 0.262. The van der Waals surface area contributed by atoms with E-state index in [0.717, 1.165) is 27.3 Å². The van der Waals surface area contributed by atoms with Crippen molar-refractivity contribution in [3.05, 3.63) is 65.2 Å². The van der Waals surface area contributed by atoms with Gasteiger partial charge in [-0.2, -0.15) is 4.98 Å². The molecule has 2 aromatic carbocycles. The first kappa shape index (κ1) is 27.5. The smallest absolute Gasteiger partial charge is 0.335 e. The summed E-state index contributed by atoms with van der Waals surface area (Å²) in [5.74, 6) is 1.03. The number of carbonyl (C=O) groups is 1. The normalized spacial score (nSPS) is 12.3. The summed E-state index contributed by atoms with van der Waals surface area (Å²) >= 11 is 1.24. The average molecular weight is 509 g/mol. The van der Waals surface area contributed by atoms with E-state index >= 15 is 0 Å². The molecule has 0 fully saturated rings. The molecular weight excluding hydrogens is 472 g/mol. The van der Waals surface area contributed by atoms with Crippen molar-refractivity contribution in [3.8, 4) is 17.1 Å². The Bertz CT molecular complexity index is 1170. The summed E-state index contributed by atoms with van der Waals surface area (Å²) in [5, 5.41) is 9.28. The largest absolute Gasteiger partial charge is 0.478 e. The van der Waals surface area contributed by atoms with Gasteiger partial charge in [0.15, 0.2) is 0 Å². The van der Waals surface area contributed by atoms with Gasteiger partial charge in [0.25, 0.3) is 0 Å². The Balaban J connectivity index is 1.90. The van der Waals surface area contributed by atoms with Crippen molar-refractivity contribution in [2.45, 2.75) is 52.5 Å². The van der Waals surface area contributed by atoms with Crippen molar-refractivity contribution in [3.63, 3.8) is 0 Å². The van der Waals surface area contributed by atoms with Crippen LogP contribution in [0.25, 0.3) is 11.3 Å². The molecule has 1 heterocycles. The predicted octanol–water partition coefficient (Wildman–Crippen LogP) is 6.21. The van der Waals surface area contributed by atoms with Gasteiger partial charge in [0, 0.05) is 22.6 Å². The van der Waals surface area contributed by atoms with E-state index in [1.165, 1.54) is 11.9 Å². The lowest BCUT2D eigenvalue weighted by atomic mass is 9.80. The van der Waals surface area contributed by atoms with E-state index in [9.17, 15) is 9.90 Å². The highest BCUT2D eigenvalue weighted by atomic mass is 32.2. The standard InChI is InChI=1S/C28H36N4O3S/c1-16(2)25(17(3)4)22(29)15-35-24-14-23(26-18(5)9-7-10-19(26)6)30-28(31-24)32-36-21-12-8-11-20(13-21)27(33)34/h7-14,16-17,22,25H,15,29H2,1-6H3,(H,33,34)(H,30,31,32). The van der Waals surface area contributed by atoms with Gasteiger partial charge >= 0.3 is 5.97 Å². The molecule has 4 N–H and O–H groups in total. The Morgan fingerprint density at radius 1 is 1.03 bits per heavy atom. The van der Waals surface area contributed by atoms with Crippen molar-refractivity contribution in [1.29, 1.82) is 0 Å². The molecule has 36 heavy (non-hydrogen) atoms. The number of rotatable bonds is 11. The number of aromatic nitrogens is 2. The van der Waals surface area contributed by atoms with E-state index in [4.69, 9.17) is 15.5 Å². The predicted molar refractivity (Wildman–Crippen MR) is 146 cm³/mol. The number of hydrogen-bond donors (Lipinski definition) is 3. The van der Waals surface area contributed by atoms with Crippen LogP contribution in [0.5, 0.6) is 5.88 Å². The van der Waals surface area contributed by atoms with Crippen LogP contribution in [0.3, 0.4) is 0 Å². The fourth-order valence-corrected chi connectivity index (χ4v) is 5.37. The van der Waals surface area contributed by atoms with Gasteiger partial charge in [-0.25, -0.2) is 9.78 Å². The number of benzene rings is 2. The maximum absolute atomic E-state index is 11.3. The lowest BCUT2D eigenvalue weighted by Crippen LogP contribution is -2.41. The molecule has 0 aliphatic carbocycles. The van der Waals surface area contributed by atoms with Gasteiger partial charge in [-0.1, -0.05) is 52.0 Å². The van der Waals surface area contributed by atoms with Crippen LogP contribution in [0.2, 0.25) is 0 Å². The van der Waals surface area contributed by atoms with E-state index in [1.54, 1.807) is 18.2 Å². The van der Waals surface area contributed by atoms with Crippen molar-refractivity contribution in [2.24, 2.45) is 23.5 Å². The number of hydrogen-bond acceptors (Lipinski definition) is 7. The molecule has 1 aromatic heterocycles. The molecule has 0 aliphatic heterocycles. The van der Waals surface area contributed by atoms with Crippen LogP contribution in [0.15, 0.2) is 53.4 Å². The van der Waals surface area contributed by atoms with Crippen LogP contribution in [0.4, 0.5) is 5.95 Å². The number of carboxylic acid groups (broad SMARTS) is 1. The SMILES string of the molecule is Cc1cccc(C)c1-c1cc(OCC(N)C(C(C)C)C(C)C)nc(NSc2cccc(C(=O)O)c2)n1. The first-order chi connectivity index (χ1) is 17.1. The Kier molecular flexibility index (Phi) is 9.34. The summed E-state index contributed by atoms with van der Waals surface area (Å²) in [6, 6.07) is 14.5. The second-order valence-corrected chi connectivity index (χ2v) is 10.6. The van der Waals surface area contributed by atoms with Gasteiger partial charge in [0.2, 0.25) is 11.8 Å². The van der Waals surface area contributed by atoms with Crippen LogP contribution in [-0.2, 0) is 0 Å². The number of nitrogens with zero attached hydrogens (tertiary/aromatic N) is 2. The Labute approximate surface area is 218 Å². The van der Waals surface area contributed by atoms with Crippen LogP contribution < -0.4 is 15.2 Å². The number of carboxylic acids is 1. The van der Waals surface area contributed by atoms with Gasteiger partial charge in [-0.3, -0.25) is 4.72 Å². The third kappa shape index (κ3) is 6.98. The fourth-order valence-electron chi connectivity index (χ4n) is 4.74. The molecule has 8 heteroatoms. The maximum atomic E-state index is 11.3. The van der Waals surface area contributed by atoms with E-state index in [-0.39, 0.29) is 11.6 Å². The highest BCUT2D eigenvalue weighted by Gasteiger charge is 2.25. The molecule has 3 aromatic rings. The van der Waals surface area contributed by atoms with Crippen LogP contribution in [0, 0.1) is 31.6 Å². The number of anilines is 1. The zero-order chi connectivity index (χ0) is 26.4. The fraction of sp³-hybridized carbons (Fsp3) is 0.393. The molecular formula is C28H36N4O3S. The Hall–Kier alpha value is -3.10. The van der Waals surface area contributed by atoms with Crippen molar-refractivity contribution in [2.75, 3.05) is 11.3 Å². The second-order valence-electron chi connectivity index (χ2n) is 9.76. The van der Waals surface area contributed by atoms with Gasteiger partial charge in [0.1, 0.15) is 6.61 Å². The summed E-state index contributed by atoms with van der Waals surface area (Å²) in [6.07, 6.45) is 0. The van der Waals surface area contributed by atoms with Crippen molar-refractivity contribution >= 4 is 23.9 Å². The van der Waals surface area contributed by atoms with Gasteiger partial charge < -0.3 is 15.6 Å². The zero-order valence-corrected chi connectivity index (χ0v) is 22.6. The molecule has 1 atom stereocenters. The van der Waals surface area contributed by atoms with Crippen molar-refractivity contribution in [1.82, 2.24) is 9.97 Å². The van der Waals surface area contributed by atoms with Crippen LogP contribution in [0.1, 0.15) is 49.2 Å². The number of nitrogens with one attached hydrogen (secondary N) is 1. The van der Waals surface area contributed by atoms with E-state index in [2.05, 4.69) is 63.4 Å². The van der Waals surface area contributed by atoms with Crippen molar-refractivity contribution < 1.29 is 14.6 Å². The van der Waals surface area contributed by atoms with Gasteiger partial charge in [-0.05, 0) is 72.9 Å². The minimum absolute atomic E-state index is 0.131. The van der Waals surface area contributed by atoms with E-state index < -0.39 is 5.97 Å². The number of aromatic carboxylic acids is 1. The van der Waals surface area contributed by atoms with Crippen LogP contribution in [-0.4, -0.2) is 33.7 Å². The third-order valence-corrected chi connectivity index (χ3v) is 7.01. The second kappa shape index (κ2) is 12.2. The lowest BCUT2D eigenvalue weighted by molar-refractivity contribution is 0.0696. The Morgan fingerprint density at radius 2 is 1.67 bits per heavy atom. The summed E-state index contributed by atoms with van der Waals surface area (Å²) < 4.78 is 9.28. The maximum Gasteiger partial charge on any atom is 0.335 e.